The number of benzene rings is 1. The second-order valence-corrected chi connectivity index (χ2v) is 8.33. The van der Waals surface area contributed by atoms with Gasteiger partial charge >= 0.3 is 12.1 Å². The zero-order valence-corrected chi connectivity index (χ0v) is 18.4. The molecule has 2 aromatic heterocycles. The number of aromatic nitrogens is 2. The summed E-state index contributed by atoms with van der Waals surface area (Å²) in [6.07, 6.45) is -2.33. The number of carbonyl (C=O) groups is 3. The zero-order chi connectivity index (χ0) is 24.0. The van der Waals surface area contributed by atoms with Crippen molar-refractivity contribution in [3.05, 3.63) is 63.4 Å². The van der Waals surface area contributed by atoms with Crippen LogP contribution in [0.3, 0.4) is 0 Å². The highest BCUT2D eigenvalue weighted by atomic mass is 16.6. The Kier molecular flexibility index (Phi) is 5.37. The molecule has 1 unspecified atom stereocenters. The molecule has 2 aliphatic heterocycles. The first kappa shape index (κ1) is 21.8. The van der Waals surface area contributed by atoms with Gasteiger partial charge in [0.25, 0.3) is 5.56 Å². The Labute approximate surface area is 193 Å². The van der Waals surface area contributed by atoms with E-state index in [0.717, 1.165) is 21.4 Å². The minimum atomic E-state index is -1.44. The van der Waals surface area contributed by atoms with Crippen LogP contribution in [0.1, 0.15) is 29.7 Å². The molecular formula is C24H22N4O6. The van der Waals surface area contributed by atoms with E-state index >= 15 is 0 Å². The van der Waals surface area contributed by atoms with Crippen LogP contribution in [-0.2, 0) is 32.2 Å². The number of cyclic esters (lactones) is 1. The van der Waals surface area contributed by atoms with Crippen LogP contribution < -0.4 is 11.3 Å². The van der Waals surface area contributed by atoms with Gasteiger partial charge in [-0.15, -0.1) is 0 Å². The van der Waals surface area contributed by atoms with Crippen LogP contribution >= 0.6 is 0 Å². The number of fused-ring (bicyclic) bond motifs is 5. The molecule has 5 rings (SSSR count). The number of esters is 1. The topological polar surface area (TPSA) is 134 Å². The van der Waals surface area contributed by atoms with E-state index in [1.165, 1.54) is 6.92 Å². The van der Waals surface area contributed by atoms with Crippen molar-refractivity contribution in [1.29, 1.82) is 0 Å². The third kappa shape index (κ3) is 3.61. The van der Waals surface area contributed by atoms with Crippen molar-refractivity contribution >= 4 is 28.7 Å². The summed E-state index contributed by atoms with van der Waals surface area (Å²) in [5.74, 6) is -1.05. The van der Waals surface area contributed by atoms with Gasteiger partial charge in [-0.3, -0.25) is 14.5 Å². The summed E-state index contributed by atoms with van der Waals surface area (Å²) in [4.78, 5) is 56.1. The van der Waals surface area contributed by atoms with Gasteiger partial charge in [-0.05, 0) is 25.1 Å². The maximum absolute atomic E-state index is 13.3. The fraction of sp³-hybridized carbons (Fsp3) is 0.292. The molecule has 0 fully saturated rings. The van der Waals surface area contributed by atoms with Crippen molar-refractivity contribution in [2.75, 3.05) is 19.6 Å². The lowest BCUT2D eigenvalue weighted by Crippen LogP contribution is -2.41. The quantitative estimate of drug-likeness (QED) is 0.441. The van der Waals surface area contributed by atoms with E-state index < -0.39 is 18.2 Å². The van der Waals surface area contributed by atoms with Gasteiger partial charge in [0.2, 0.25) is 6.10 Å². The molecule has 0 bridgehead atoms. The number of nitrogens with two attached hydrogens (primary N) is 1. The highest BCUT2D eigenvalue weighted by Crippen LogP contribution is 2.36. The van der Waals surface area contributed by atoms with Crippen molar-refractivity contribution in [1.82, 2.24) is 14.5 Å². The molecule has 2 N–H and O–H groups in total. The summed E-state index contributed by atoms with van der Waals surface area (Å²) in [5, 5.41) is 0.961. The first-order chi connectivity index (χ1) is 16.4. The van der Waals surface area contributed by atoms with Gasteiger partial charge < -0.3 is 19.8 Å². The van der Waals surface area contributed by atoms with Gasteiger partial charge in [-0.2, -0.15) is 0 Å². The van der Waals surface area contributed by atoms with Gasteiger partial charge in [0.05, 0.1) is 35.6 Å². The number of rotatable bonds is 5. The molecule has 1 atom stereocenters. The minimum absolute atomic E-state index is 0.0737. The van der Waals surface area contributed by atoms with E-state index in [4.69, 9.17) is 20.2 Å². The first-order valence-electron chi connectivity index (χ1n) is 10.8. The molecule has 4 heterocycles. The second-order valence-electron chi connectivity index (χ2n) is 8.33. The van der Waals surface area contributed by atoms with Crippen LogP contribution in [0.25, 0.3) is 22.3 Å². The van der Waals surface area contributed by atoms with E-state index in [0.29, 0.717) is 17.9 Å². The normalized spacial score (nSPS) is 15.8. The number of carbonyl (C=O) groups excluding carboxylic acids is 3. The van der Waals surface area contributed by atoms with E-state index in [-0.39, 0.29) is 48.7 Å². The first-order valence-corrected chi connectivity index (χ1v) is 10.8. The predicted molar refractivity (Wildman–Crippen MR) is 121 cm³/mol. The summed E-state index contributed by atoms with van der Waals surface area (Å²) >= 11 is 0. The molecule has 10 nitrogen and oxygen atoms in total. The number of ether oxygens (including phenoxy) is 2. The maximum Gasteiger partial charge on any atom is 0.411 e. The average molecular weight is 462 g/mol. The number of ketones is 1. The second kappa shape index (κ2) is 8.38. The molecule has 2 aliphatic rings. The number of hydrogen-bond donors (Lipinski definition) is 1. The van der Waals surface area contributed by atoms with Crippen LogP contribution in [0.4, 0.5) is 4.79 Å². The highest BCUT2D eigenvalue weighted by molar-refractivity contribution is 5.86. The molecule has 34 heavy (non-hydrogen) atoms. The molecule has 1 aromatic carbocycles. The fourth-order valence-corrected chi connectivity index (χ4v) is 4.41. The third-order valence-electron chi connectivity index (χ3n) is 5.95. The van der Waals surface area contributed by atoms with Crippen LogP contribution in [0.2, 0.25) is 0 Å². The van der Waals surface area contributed by atoms with E-state index in [2.05, 4.69) is 0 Å². The Bertz CT molecular complexity index is 1410. The Morgan fingerprint density at radius 3 is 2.82 bits per heavy atom. The minimum Gasteiger partial charge on any atom is -0.458 e. The Hall–Kier alpha value is -4.05. The largest absolute Gasteiger partial charge is 0.458 e. The number of hydrogen-bond acceptors (Lipinski definition) is 8. The van der Waals surface area contributed by atoms with Crippen molar-refractivity contribution in [2.45, 2.75) is 26.2 Å². The lowest BCUT2D eigenvalue weighted by Gasteiger charge is -2.27. The summed E-state index contributed by atoms with van der Waals surface area (Å²) < 4.78 is 12.2. The van der Waals surface area contributed by atoms with Gasteiger partial charge in [0, 0.05) is 29.6 Å². The Morgan fingerprint density at radius 1 is 1.26 bits per heavy atom. The summed E-state index contributed by atoms with van der Waals surface area (Å²) in [6.45, 7) is 1.44. The van der Waals surface area contributed by atoms with Gasteiger partial charge in [0.15, 0.2) is 0 Å². The zero-order valence-electron chi connectivity index (χ0n) is 18.4. The lowest BCUT2D eigenvalue weighted by molar-refractivity contribution is -0.158. The van der Waals surface area contributed by atoms with Gasteiger partial charge in [-0.1, -0.05) is 18.2 Å². The summed E-state index contributed by atoms with van der Waals surface area (Å²) in [6, 6.07) is 11.3. The van der Waals surface area contributed by atoms with E-state index in [1.54, 1.807) is 10.6 Å². The molecule has 0 saturated carbocycles. The molecule has 3 aromatic rings. The van der Waals surface area contributed by atoms with E-state index in [1.807, 2.05) is 30.3 Å². The number of nitrogens with zero attached hydrogens (tertiary/aromatic N) is 3. The smallest absolute Gasteiger partial charge is 0.411 e. The van der Waals surface area contributed by atoms with Crippen LogP contribution in [0.15, 0.2) is 41.2 Å². The fourth-order valence-electron chi connectivity index (χ4n) is 4.41. The SMILES string of the molecule is CC(=O)CN(CCN)C(=O)OC1C(=O)OCc2c1cc1n(c2=O)Cc2cc3ccccc3nc2-1. The van der Waals surface area contributed by atoms with E-state index in [9.17, 15) is 19.2 Å². The molecule has 0 saturated heterocycles. The van der Waals surface area contributed by atoms with Gasteiger partial charge in [0.1, 0.15) is 12.4 Å². The van der Waals surface area contributed by atoms with Crippen molar-refractivity contribution in [2.24, 2.45) is 5.73 Å². The predicted octanol–water partition coefficient (Wildman–Crippen LogP) is 1.51. The molecule has 174 valence electrons. The molecule has 0 radical (unpaired) electrons. The highest BCUT2D eigenvalue weighted by Gasteiger charge is 2.38. The van der Waals surface area contributed by atoms with Crippen LogP contribution in [0, 0.1) is 0 Å². The molecule has 0 spiro atoms. The molecular weight excluding hydrogens is 440 g/mol. The molecule has 1 amide bonds. The van der Waals surface area contributed by atoms with Gasteiger partial charge in [-0.25, -0.2) is 14.6 Å². The van der Waals surface area contributed by atoms with Crippen LogP contribution in [-0.4, -0.2) is 51.9 Å². The standard InChI is InChI=1S/C24H22N4O6/c1-13(29)10-27(7-6-25)24(32)34-21-16-9-19-20-15(8-14-4-2-3-5-18(14)26-20)11-28(19)22(30)17(16)12-33-23(21)31/h2-5,8-9,21H,6-7,10-12,25H2,1H3. The molecule has 10 heteroatoms. The Balaban J connectivity index is 1.56. The lowest BCUT2D eigenvalue weighted by atomic mass is 10.00. The third-order valence-corrected chi connectivity index (χ3v) is 5.95. The Morgan fingerprint density at radius 2 is 2.06 bits per heavy atom. The monoisotopic (exact) mass is 462 g/mol. The summed E-state index contributed by atoms with van der Waals surface area (Å²) in [5.41, 5.74) is 8.58. The summed E-state index contributed by atoms with van der Waals surface area (Å²) in [7, 11) is 0. The molecule has 0 aliphatic carbocycles. The van der Waals surface area contributed by atoms with Crippen molar-refractivity contribution in [3.63, 3.8) is 0 Å². The number of amides is 1. The average Bonchev–Trinajstić information content (AvgIpc) is 3.16. The van der Waals surface area contributed by atoms with Crippen molar-refractivity contribution in [3.8, 4) is 11.4 Å². The number of para-hydroxylation sites is 1. The van der Waals surface area contributed by atoms with Crippen LogP contribution in [0.5, 0.6) is 0 Å². The number of pyridine rings is 2. The van der Waals surface area contributed by atoms with Crippen molar-refractivity contribution < 1.29 is 23.9 Å². The maximum atomic E-state index is 13.3. The number of Topliss-reactive ketones (excluding diaryl/α,β-unsaturated/α-hetero) is 1.